The number of sulfonamides is 1. The Bertz CT molecular complexity index is 1310. The second-order valence-corrected chi connectivity index (χ2v) is 9.60. The van der Waals surface area contributed by atoms with Crippen molar-refractivity contribution < 1.29 is 22.7 Å². The number of amides is 1. The maximum absolute atomic E-state index is 12.9. The van der Waals surface area contributed by atoms with Gasteiger partial charge < -0.3 is 19.7 Å². The van der Waals surface area contributed by atoms with E-state index in [1.165, 1.54) is 18.2 Å². The summed E-state index contributed by atoms with van der Waals surface area (Å²) < 4.78 is 39.1. The number of nitrogens with one attached hydrogen (secondary N) is 2. The molecule has 0 saturated heterocycles. The standard InChI is InChI=1S/C23H22ClN3O5S/c1-27(2)20-8-6-16(13-19(20)24)25-23(28)15-4-3-5-17(12-15)26-33(29,30)18-7-9-21-22(14-18)32-11-10-31-21/h3-9,12-14,26H,10-11H2,1-2H3,(H,25,28). The molecule has 1 amide bonds. The van der Waals surface area contributed by atoms with Crippen LogP contribution in [0.3, 0.4) is 0 Å². The molecule has 0 aliphatic carbocycles. The van der Waals surface area contributed by atoms with E-state index in [2.05, 4.69) is 10.0 Å². The van der Waals surface area contributed by atoms with Gasteiger partial charge in [-0.15, -0.1) is 0 Å². The summed E-state index contributed by atoms with van der Waals surface area (Å²) >= 11 is 6.27. The number of halogens is 1. The lowest BCUT2D eigenvalue weighted by Crippen LogP contribution is -2.18. The van der Waals surface area contributed by atoms with Crippen LogP contribution in [0, 0.1) is 0 Å². The molecule has 0 unspecified atom stereocenters. The molecule has 3 aromatic rings. The molecule has 0 atom stereocenters. The average molecular weight is 488 g/mol. The Labute approximate surface area is 197 Å². The lowest BCUT2D eigenvalue weighted by atomic mass is 10.2. The molecule has 4 rings (SSSR count). The predicted octanol–water partition coefficient (Wildman–Crippen LogP) is 4.23. The number of ether oxygens (including phenoxy) is 2. The van der Waals surface area contributed by atoms with Gasteiger partial charge in [0.15, 0.2) is 11.5 Å². The number of benzene rings is 3. The van der Waals surface area contributed by atoms with Gasteiger partial charge in [-0.25, -0.2) is 8.42 Å². The molecule has 10 heteroatoms. The molecule has 1 aliphatic heterocycles. The molecule has 3 aromatic carbocycles. The summed E-state index contributed by atoms with van der Waals surface area (Å²) in [5.41, 5.74) is 1.88. The number of fused-ring (bicyclic) bond motifs is 1. The first-order valence-electron chi connectivity index (χ1n) is 10.0. The fraction of sp³-hybridized carbons (Fsp3) is 0.174. The number of anilines is 3. The number of hydrogen-bond donors (Lipinski definition) is 2. The molecule has 0 spiro atoms. The van der Waals surface area contributed by atoms with Crippen LogP contribution in [-0.4, -0.2) is 41.6 Å². The minimum atomic E-state index is -3.91. The molecule has 0 saturated carbocycles. The largest absolute Gasteiger partial charge is 0.486 e. The Morgan fingerprint density at radius 1 is 0.939 bits per heavy atom. The summed E-state index contributed by atoms with van der Waals surface area (Å²) in [6.07, 6.45) is 0. The highest BCUT2D eigenvalue weighted by Crippen LogP contribution is 2.33. The summed E-state index contributed by atoms with van der Waals surface area (Å²) in [5, 5.41) is 3.27. The number of hydrogen-bond acceptors (Lipinski definition) is 6. The van der Waals surface area contributed by atoms with E-state index in [1.807, 2.05) is 19.0 Å². The van der Waals surface area contributed by atoms with E-state index in [1.54, 1.807) is 42.5 Å². The van der Waals surface area contributed by atoms with Crippen molar-refractivity contribution in [2.24, 2.45) is 0 Å². The van der Waals surface area contributed by atoms with Crippen molar-refractivity contribution in [1.82, 2.24) is 0 Å². The van der Waals surface area contributed by atoms with E-state index in [4.69, 9.17) is 21.1 Å². The zero-order valence-electron chi connectivity index (χ0n) is 18.0. The first-order chi connectivity index (χ1) is 15.7. The highest BCUT2D eigenvalue weighted by Gasteiger charge is 2.20. The van der Waals surface area contributed by atoms with Gasteiger partial charge in [0.25, 0.3) is 15.9 Å². The molecular weight excluding hydrogens is 466 g/mol. The minimum absolute atomic E-state index is 0.0252. The topological polar surface area (TPSA) is 97.0 Å². The summed E-state index contributed by atoms with van der Waals surface area (Å²) in [7, 11) is -0.162. The van der Waals surface area contributed by atoms with Gasteiger partial charge in [-0.2, -0.15) is 0 Å². The predicted molar refractivity (Wildman–Crippen MR) is 128 cm³/mol. The van der Waals surface area contributed by atoms with Crippen LogP contribution in [0.5, 0.6) is 11.5 Å². The monoisotopic (exact) mass is 487 g/mol. The third kappa shape index (κ3) is 5.15. The van der Waals surface area contributed by atoms with Crippen LogP contribution in [0.4, 0.5) is 17.1 Å². The number of carbonyl (C=O) groups excluding carboxylic acids is 1. The van der Waals surface area contributed by atoms with E-state index in [-0.39, 0.29) is 16.1 Å². The summed E-state index contributed by atoms with van der Waals surface area (Å²) in [6, 6.07) is 15.8. The summed E-state index contributed by atoms with van der Waals surface area (Å²) in [6.45, 7) is 0.766. The van der Waals surface area contributed by atoms with Crippen LogP contribution < -0.4 is 24.4 Å². The number of rotatable bonds is 6. The van der Waals surface area contributed by atoms with E-state index < -0.39 is 15.9 Å². The molecule has 0 aromatic heterocycles. The Kier molecular flexibility index (Phi) is 6.35. The van der Waals surface area contributed by atoms with Crippen molar-refractivity contribution in [3.63, 3.8) is 0 Å². The second-order valence-electron chi connectivity index (χ2n) is 7.51. The van der Waals surface area contributed by atoms with Gasteiger partial charge >= 0.3 is 0 Å². The Morgan fingerprint density at radius 3 is 2.42 bits per heavy atom. The number of nitrogens with zero attached hydrogens (tertiary/aromatic N) is 1. The first kappa shape index (κ1) is 22.8. The minimum Gasteiger partial charge on any atom is -0.486 e. The van der Waals surface area contributed by atoms with Crippen molar-refractivity contribution in [3.8, 4) is 11.5 Å². The van der Waals surface area contributed by atoms with E-state index in [9.17, 15) is 13.2 Å². The molecule has 0 radical (unpaired) electrons. The second kappa shape index (κ2) is 9.21. The molecule has 0 bridgehead atoms. The molecule has 0 fully saturated rings. The molecule has 172 valence electrons. The molecule has 8 nitrogen and oxygen atoms in total. The summed E-state index contributed by atoms with van der Waals surface area (Å²) in [5.74, 6) is 0.470. The molecule has 1 aliphatic rings. The van der Waals surface area contributed by atoms with Crippen LogP contribution in [-0.2, 0) is 10.0 Å². The van der Waals surface area contributed by atoms with Crippen molar-refractivity contribution in [1.29, 1.82) is 0 Å². The fourth-order valence-electron chi connectivity index (χ4n) is 3.28. The maximum atomic E-state index is 12.9. The smallest absolute Gasteiger partial charge is 0.262 e. The zero-order valence-corrected chi connectivity index (χ0v) is 19.5. The lowest BCUT2D eigenvalue weighted by Gasteiger charge is -2.19. The zero-order chi connectivity index (χ0) is 23.6. The van der Waals surface area contributed by atoms with Gasteiger partial charge in [-0.3, -0.25) is 9.52 Å². The van der Waals surface area contributed by atoms with Crippen LogP contribution >= 0.6 is 11.6 Å². The Morgan fingerprint density at radius 2 is 1.70 bits per heavy atom. The van der Waals surface area contributed by atoms with Crippen LogP contribution in [0.25, 0.3) is 0 Å². The van der Waals surface area contributed by atoms with Gasteiger partial charge in [0.1, 0.15) is 13.2 Å². The quantitative estimate of drug-likeness (QED) is 0.540. The molecular formula is C23H22ClN3O5S. The van der Waals surface area contributed by atoms with E-state index in [0.717, 1.165) is 5.69 Å². The summed E-state index contributed by atoms with van der Waals surface area (Å²) in [4.78, 5) is 14.6. The van der Waals surface area contributed by atoms with Crippen LogP contribution in [0.15, 0.2) is 65.6 Å². The van der Waals surface area contributed by atoms with Gasteiger partial charge in [-0.1, -0.05) is 17.7 Å². The highest BCUT2D eigenvalue weighted by molar-refractivity contribution is 7.92. The normalized spacial score (nSPS) is 12.7. The average Bonchev–Trinajstić information content (AvgIpc) is 2.78. The van der Waals surface area contributed by atoms with Gasteiger partial charge in [-0.05, 0) is 48.5 Å². The fourth-order valence-corrected chi connectivity index (χ4v) is 4.69. The van der Waals surface area contributed by atoms with E-state index in [0.29, 0.717) is 35.4 Å². The molecule has 1 heterocycles. The maximum Gasteiger partial charge on any atom is 0.262 e. The van der Waals surface area contributed by atoms with Gasteiger partial charge in [0.05, 0.1) is 15.6 Å². The van der Waals surface area contributed by atoms with Crippen LogP contribution in [0.2, 0.25) is 5.02 Å². The van der Waals surface area contributed by atoms with Crippen molar-refractivity contribution in [3.05, 3.63) is 71.2 Å². The van der Waals surface area contributed by atoms with Crippen LogP contribution in [0.1, 0.15) is 10.4 Å². The molecule has 33 heavy (non-hydrogen) atoms. The van der Waals surface area contributed by atoms with Crippen molar-refractivity contribution >= 4 is 44.6 Å². The van der Waals surface area contributed by atoms with Crippen molar-refractivity contribution in [2.45, 2.75) is 4.90 Å². The molecule has 2 N–H and O–H groups in total. The van der Waals surface area contributed by atoms with Crippen molar-refractivity contribution in [2.75, 3.05) is 42.2 Å². The lowest BCUT2D eigenvalue weighted by molar-refractivity contribution is 0.102. The van der Waals surface area contributed by atoms with Gasteiger partial charge in [0.2, 0.25) is 0 Å². The van der Waals surface area contributed by atoms with Gasteiger partial charge in [0, 0.05) is 37.1 Å². The highest BCUT2D eigenvalue weighted by atomic mass is 35.5. The SMILES string of the molecule is CN(C)c1ccc(NC(=O)c2cccc(NS(=O)(=O)c3ccc4c(c3)OCCO4)c2)cc1Cl. The third-order valence-corrected chi connectivity index (χ3v) is 6.57. The number of carbonyl (C=O) groups is 1. The first-order valence-corrected chi connectivity index (χ1v) is 11.9. The third-order valence-electron chi connectivity index (χ3n) is 4.89. The van der Waals surface area contributed by atoms with E-state index >= 15 is 0 Å². The Balaban J connectivity index is 1.50. The Hall–Kier alpha value is -3.43.